The van der Waals surface area contributed by atoms with E-state index in [1.165, 1.54) is 17.0 Å². The van der Waals surface area contributed by atoms with Crippen molar-refractivity contribution in [1.29, 1.82) is 0 Å². The molecular formula is C14H18F3NO2. The standard InChI is InChI=1S/C14H18F3NO2/c1-3-6-18(9-14(15,16)17)8-12-5-4-11(13(19)20)7-10(12)2/h4-5,7H,3,6,8-9H2,1-2H3,(H,19,20). The van der Waals surface area contributed by atoms with Crippen LogP contribution < -0.4 is 0 Å². The molecule has 20 heavy (non-hydrogen) atoms. The summed E-state index contributed by atoms with van der Waals surface area (Å²) in [5, 5.41) is 8.86. The third-order valence-corrected chi connectivity index (χ3v) is 2.93. The second kappa shape index (κ2) is 6.74. The molecule has 0 radical (unpaired) electrons. The minimum Gasteiger partial charge on any atom is -0.478 e. The number of nitrogens with zero attached hydrogens (tertiary/aromatic N) is 1. The number of hydrogen-bond acceptors (Lipinski definition) is 2. The normalized spacial score (nSPS) is 11.9. The Morgan fingerprint density at radius 2 is 2.00 bits per heavy atom. The van der Waals surface area contributed by atoms with Crippen LogP contribution in [0, 0.1) is 6.92 Å². The molecule has 0 heterocycles. The second-order valence-corrected chi connectivity index (χ2v) is 4.77. The Kier molecular flexibility index (Phi) is 5.56. The van der Waals surface area contributed by atoms with Crippen LogP contribution in [0.3, 0.4) is 0 Å². The van der Waals surface area contributed by atoms with Gasteiger partial charge in [0.25, 0.3) is 0 Å². The number of hydrogen-bond donors (Lipinski definition) is 1. The van der Waals surface area contributed by atoms with E-state index >= 15 is 0 Å². The molecule has 0 saturated heterocycles. The number of benzene rings is 1. The van der Waals surface area contributed by atoms with Crippen LogP contribution in [-0.2, 0) is 6.54 Å². The first-order chi connectivity index (χ1) is 9.23. The van der Waals surface area contributed by atoms with E-state index in [9.17, 15) is 18.0 Å². The highest BCUT2D eigenvalue weighted by atomic mass is 19.4. The second-order valence-electron chi connectivity index (χ2n) is 4.77. The van der Waals surface area contributed by atoms with Gasteiger partial charge in [0, 0.05) is 6.54 Å². The van der Waals surface area contributed by atoms with Crippen LogP contribution in [0.4, 0.5) is 13.2 Å². The Morgan fingerprint density at radius 1 is 1.35 bits per heavy atom. The van der Waals surface area contributed by atoms with E-state index in [1.807, 2.05) is 6.92 Å². The number of carboxylic acid groups (broad SMARTS) is 1. The van der Waals surface area contributed by atoms with E-state index in [0.29, 0.717) is 24.1 Å². The molecule has 1 rings (SSSR count). The van der Waals surface area contributed by atoms with Crippen LogP contribution in [0.5, 0.6) is 0 Å². The molecule has 1 N–H and O–H groups in total. The number of carboxylic acids is 1. The zero-order chi connectivity index (χ0) is 15.3. The van der Waals surface area contributed by atoms with Crippen LogP contribution in [-0.4, -0.2) is 35.2 Å². The van der Waals surface area contributed by atoms with E-state index in [0.717, 1.165) is 0 Å². The highest BCUT2D eigenvalue weighted by Gasteiger charge is 2.30. The van der Waals surface area contributed by atoms with Gasteiger partial charge in [0.2, 0.25) is 0 Å². The highest BCUT2D eigenvalue weighted by Crippen LogP contribution is 2.20. The van der Waals surface area contributed by atoms with Crippen molar-refractivity contribution in [3.8, 4) is 0 Å². The largest absolute Gasteiger partial charge is 0.478 e. The molecule has 112 valence electrons. The first kappa shape index (κ1) is 16.5. The molecule has 0 aliphatic carbocycles. The molecule has 1 aromatic rings. The quantitative estimate of drug-likeness (QED) is 0.871. The molecule has 1 aromatic carbocycles. The van der Waals surface area contributed by atoms with Gasteiger partial charge >= 0.3 is 12.1 Å². The molecule has 0 unspecified atom stereocenters. The maximum atomic E-state index is 12.5. The molecule has 0 saturated carbocycles. The van der Waals surface area contributed by atoms with Crippen molar-refractivity contribution in [1.82, 2.24) is 4.90 Å². The van der Waals surface area contributed by atoms with Crippen LogP contribution in [0.2, 0.25) is 0 Å². The number of alkyl halides is 3. The fourth-order valence-electron chi connectivity index (χ4n) is 2.03. The summed E-state index contributed by atoms with van der Waals surface area (Å²) in [5.41, 5.74) is 1.55. The van der Waals surface area contributed by atoms with Crippen molar-refractivity contribution < 1.29 is 23.1 Å². The first-order valence-corrected chi connectivity index (χ1v) is 6.35. The molecule has 0 aliphatic rings. The maximum absolute atomic E-state index is 12.5. The summed E-state index contributed by atoms with van der Waals surface area (Å²) in [6.07, 6.45) is -3.60. The summed E-state index contributed by atoms with van der Waals surface area (Å²) in [4.78, 5) is 12.1. The molecule has 6 heteroatoms. The van der Waals surface area contributed by atoms with Gasteiger partial charge in [-0.05, 0) is 43.1 Å². The van der Waals surface area contributed by atoms with E-state index < -0.39 is 18.7 Å². The van der Waals surface area contributed by atoms with Crippen molar-refractivity contribution in [2.45, 2.75) is 33.0 Å². The zero-order valence-electron chi connectivity index (χ0n) is 11.5. The molecule has 0 fully saturated rings. The van der Waals surface area contributed by atoms with Crippen LogP contribution in [0.15, 0.2) is 18.2 Å². The number of rotatable bonds is 6. The molecular weight excluding hydrogens is 271 g/mol. The average molecular weight is 289 g/mol. The summed E-state index contributed by atoms with van der Waals surface area (Å²) in [6.45, 7) is 3.09. The van der Waals surface area contributed by atoms with E-state index in [-0.39, 0.29) is 12.1 Å². The minimum atomic E-state index is -4.23. The topological polar surface area (TPSA) is 40.5 Å². The van der Waals surface area contributed by atoms with E-state index in [1.54, 1.807) is 13.0 Å². The Morgan fingerprint density at radius 3 is 2.45 bits per heavy atom. The predicted octanol–water partition coefficient (Wildman–Crippen LogP) is 3.47. The SMILES string of the molecule is CCCN(Cc1ccc(C(=O)O)cc1C)CC(F)(F)F. The lowest BCUT2D eigenvalue weighted by Crippen LogP contribution is -2.34. The van der Waals surface area contributed by atoms with Gasteiger partial charge in [0.15, 0.2) is 0 Å². The van der Waals surface area contributed by atoms with Gasteiger partial charge in [-0.25, -0.2) is 4.79 Å². The highest BCUT2D eigenvalue weighted by molar-refractivity contribution is 5.87. The third kappa shape index (κ3) is 5.21. The monoisotopic (exact) mass is 289 g/mol. The summed E-state index contributed by atoms with van der Waals surface area (Å²) in [6, 6.07) is 4.48. The van der Waals surface area contributed by atoms with Crippen LogP contribution in [0.25, 0.3) is 0 Å². The molecule has 0 aromatic heterocycles. The Balaban J connectivity index is 2.85. The number of carbonyl (C=O) groups is 1. The molecule has 3 nitrogen and oxygen atoms in total. The Labute approximate surface area is 116 Å². The molecule has 0 spiro atoms. The maximum Gasteiger partial charge on any atom is 0.401 e. The summed E-state index contributed by atoms with van der Waals surface area (Å²) < 4.78 is 37.4. The van der Waals surface area contributed by atoms with E-state index in [4.69, 9.17) is 5.11 Å². The first-order valence-electron chi connectivity index (χ1n) is 6.35. The Hall–Kier alpha value is -1.56. The molecule has 0 bridgehead atoms. The predicted molar refractivity (Wildman–Crippen MR) is 69.8 cm³/mol. The lowest BCUT2D eigenvalue weighted by Gasteiger charge is -2.24. The summed E-state index contributed by atoms with van der Waals surface area (Å²) in [7, 11) is 0. The number of aromatic carboxylic acids is 1. The Bertz CT molecular complexity index is 472. The lowest BCUT2D eigenvalue weighted by atomic mass is 10.0. The molecule has 0 atom stereocenters. The van der Waals surface area contributed by atoms with Crippen molar-refractivity contribution >= 4 is 5.97 Å². The number of halogens is 3. The number of aryl methyl sites for hydroxylation is 1. The van der Waals surface area contributed by atoms with Gasteiger partial charge in [0.1, 0.15) is 0 Å². The van der Waals surface area contributed by atoms with Gasteiger partial charge in [-0.2, -0.15) is 13.2 Å². The fourth-order valence-corrected chi connectivity index (χ4v) is 2.03. The smallest absolute Gasteiger partial charge is 0.401 e. The van der Waals surface area contributed by atoms with Crippen molar-refractivity contribution in [3.63, 3.8) is 0 Å². The van der Waals surface area contributed by atoms with Gasteiger partial charge in [-0.3, -0.25) is 4.90 Å². The van der Waals surface area contributed by atoms with Gasteiger partial charge in [-0.1, -0.05) is 13.0 Å². The van der Waals surface area contributed by atoms with Gasteiger partial charge in [0.05, 0.1) is 12.1 Å². The van der Waals surface area contributed by atoms with Gasteiger partial charge in [-0.15, -0.1) is 0 Å². The van der Waals surface area contributed by atoms with Crippen molar-refractivity contribution in [2.75, 3.05) is 13.1 Å². The lowest BCUT2D eigenvalue weighted by molar-refractivity contribution is -0.147. The third-order valence-electron chi connectivity index (χ3n) is 2.93. The fraction of sp³-hybridized carbons (Fsp3) is 0.500. The zero-order valence-corrected chi connectivity index (χ0v) is 11.5. The molecule has 0 aliphatic heterocycles. The average Bonchev–Trinajstić information content (AvgIpc) is 2.29. The van der Waals surface area contributed by atoms with Crippen molar-refractivity contribution in [3.05, 3.63) is 34.9 Å². The van der Waals surface area contributed by atoms with Crippen LogP contribution in [0.1, 0.15) is 34.8 Å². The van der Waals surface area contributed by atoms with Gasteiger partial charge < -0.3 is 5.11 Å². The summed E-state index contributed by atoms with van der Waals surface area (Å²) in [5.74, 6) is -1.04. The summed E-state index contributed by atoms with van der Waals surface area (Å²) >= 11 is 0. The molecule has 0 amide bonds. The van der Waals surface area contributed by atoms with Crippen LogP contribution >= 0.6 is 0 Å². The minimum absolute atomic E-state index is 0.143. The van der Waals surface area contributed by atoms with Crippen molar-refractivity contribution in [2.24, 2.45) is 0 Å². The van der Waals surface area contributed by atoms with E-state index in [2.05, 4.69) is 0 Å².